The molecule has 2 N–H and O–H groups in total. The summed E-state index contributed by atoms with van der Waals surface area (Å²) >= 11 is 0. The number of nitrogens with one attached hydrogen (secondary N) is 2. The van der Waals surface area contributed by atoms with E-state index in [9.17, 15) is 4.79 Å². The minimum atomic E-state index is -0.211. The van der Waals surface area contributed by atoms with Crippen LogP contribution in [0.25, 0.3) is 0 Å². The number of ether oxygens (including phenoxy) is 1. The monoisotopic (exact) mass is 287 g/mol. The van der Waals surface area contributed by atoms with Crippen molar-refractivity contribution in [3.63, 3.8) is 0 Å². The Bertz CT molecular complexity index is 265. The maximum Gasteiger partial charge on any atom is 0.220 e. The van der Waals surface area contributed by atoms with Crippen LogP contribution in [-0.2, 0) is 9.53 Å². The van der Waals surface area contributed by atoms with Crippen LogP contribution in [0.4, 0.5) is 0 Å². The van der Waals surface area contributed by atoms with E-state index in [0.29, 0.717) is 12.3 Å². The maximum absolute atomic E-state index is 11.7. The fourth-order valence-electron chi connectivity index (χ4n) is 1.77. The molecule has 0 aliphatic carbocycles. The molecule has 120 valence electrons. The van der Waals surface area contributed by atoms with Gasteiger partial charge in [-0.3, -0.25) is 4.79 Å². The highest BCUT2D eigenvalue weighted by Crippen LogP contribution is 2.18. The Morgan fingerprint density at radius 2 is 2.00 bits per heavy atom. The second-order valence-electron chi connectivity index (χ2n) is 6.72. The first-order chi connectivity index (χ1) is 9.26. The average Bonchev–Trinajstić information content (AvgIpc) is 2.35. The van der Waals surface area contributed by atoms with Gasteiger partial charge in [-0.2, -0.15) is 0 Å². The fourth-order valence-corrected chi connectivity index (χ4v) is 1.77. The molecule has 0 fully saturated rings. The number of carbonyl (C=O) groups excluding carboxylic acids is 1. The topological polar surface area (TPSA) is 42.8 Å². The molecule has 0 aromatic rings. The molecular formula is C16H35N2O2+. The minimum Gasteiger partial charge on any atom is -0.376 e. The molecule has 1 atom stereocenters. The molecule has 20 heavy (non-hydrogen) atoms. The van der Waals surface area contributed by atoms with Gasteiger partial charge >= 0.3 is 0 Å². The quantitative estimate of drug-likeness (QED) is 0.601. The van der Waals surface area contributed by atoms with Crippen molar-refractivity contribution < 1.29 is 14.4 Å². The molecule has 0 rings (SSSR count). The zero-order chi connectivity index (χ0) is 15.6. The van der Waals surface area contributed by atoms with Crippen molar-refractivity contribution in [1.29, 1.82) is 0 Å². The van der Waals surface area contributed by atoms with E-state index in [2.05, 4.69) is 47.1 Å². The predicted octanol–water partition coefficient (Wildman–Crippen LogP) is 1.26. The fraction of sp³-hybridized carbons (Fsp3) is 0.938. The highest BCUT2D eigenvalue weighted by atomic mass is 16.5. The Morgan fingerprint density at radius 3 is 2.55 bits per heavy atom. The van der Waals surface area contributed by atoms with Gasteiger partial charge < -0.3 is 15.0 Å². The minimum absolute atomic E-state index is 0.129. The smallest absolute Gasteiger partial charge is 0.220 e. The summed E-state index contributed by atoms with van der Waals surface area (Å²) in [4.78, 5) is 13.1. The molecule has 0 radical (unpaired) electrons. The predicted molar refractivity (Wildman–Crippen MR) is 84.0 cm³/mol. The van der Waals surface area contributed by atoms with Crippen LogP contribution in [0.3, 0.4) is 0 Å². The first-order valence-electron chi connectivity index (χ1n) is 7.96. The first kappa shape index (κ1) is 19.4. The average molecular weight is 287 g/mol. The number of quaternary nitrogens is 1. The highest BCUT2D eigenvalue weighted by molar-refractivity contribution is 5.75. The van der Waals surface area contributed by atoms with E-state index in [1.54, 1.807) is 0 Å². The van der Waals surface area contributed by atoms with Crippen molar-refractivity contribution in [2.24, 2.45) is 5.92 Å². The lowest BCUT2D eigenvalue weighted by Gasteiger charge is -2.26. The summed E-state index contributed by atoms with van der Waals surface area (Å²) in [5, 5.41) is 2.95. The van der Waals surface area contributed by atoms with Crippen molar-refractivity contribution in [2.75, 3.05) is 33.8 Å². The van der Waals surface area contributed by atoms with Crippen molar-refractivity contribution in [1.82, 2.24) is 5.32 Å². The molecule has 4 heteroatoms. The first-order valence-corrected chi connectivity index (χ1v) is 7.96. The van der Waals surface area contributed by atoms with Gasteiger partial charge in [0, 0.05) is 13.0 Å². The van der Waals surface area contributed by atoms with Gasteiger partial charge in [-0.25, -0.2) is 0 Å². The number of likely N-dealkylation sites (N-methyl/N-ethyl adjacent to an activating group) is 1. The van der Waals surface area contributed by atoms with Crippen molar-refractivity contribution >= 4 is 5.91 Å². The molecule has 0 aromatic heterocycles. The standard InChI is InChI=1S/C16H34N2O2/c1-7-14(2)9-13-20-16(3,4)10-8-15(19)17-11-12-18(5)6/h14H,7-13H2,1-6H3,(H,17,19)/p+1. The van der Waals surface area contributed by atoms with Gasteiger partial charge in [0.25, 0.3) is 0 Å². The Hall–Kier alpha value is -0.610. The normalized spacial score (nSPS) is 13.6. The van der Waals surface area contributed by atoms with E-state index >= 15 is 0 Å². The van der Waals surface area contributed by atoms with Crippen LogP contribution in [-0.4, -0.2) is 45.3 Å². The second-order valence-corrected chi connectivity index (χ2v) is 6.72. The molecule has 1 amide bonds. The molecule has 0 aromatic carbocycles. The molecule has 0 aliphatic rings. The van der Waals surface area contributed by atoms with Crippen molar-refractivity contribution in [3.8, 4) is 0 Å². The zero-order valence-electron chi connectivity index (χ0n) is 14.3. The van der Waals surface area contributed by atoms with Crippen LogP contribution in [0.15, 0.2) is 0 Å². The third-order valence-corrected chi connectivity index (χ3v) is 3.70. The van der Waals surface area contributed by atoms with Crippen molar-refractivity contribution in [2.45, 2.75) is 59.0 Å². The van der Waals surface area contributed by atoms with Gasteiger partial charge in [0.05, 0.1) is 32.8 Å². The molecule has 0 bridgehead atoms. The highest BCUT2D eigenvalue weighted by Gasteiger charge is 2.20. The van der Waals surface area contributed by atoms with Crippen LogP contribution >= 0.6 is 0 Å². The Labute approximate surface area is 125 Å². The number of amides is 1. The van der Waals surface area contributed by atoms with Gasteiger partial charge in [-0.05, 0) is 32.6 Å². The number of rotatable bonds is 11. The Morgan fingerprint density at radius 1 is 1.35 bits per heavy atom. The van der Waals surface area contributed by atoms with Gasteiger partial charge in [0.15, 0.2) is 0 Å². The number of carbonyl (C=O) groups is 1. The van der Waals surface area contributed by atoms with Gasteiger partial charge in [0.2, 0.25) is 5.91 Å². The summed E-state index contributed by atoms with van der Waals surface area (Å²) < 4.78 is 5.91. The SMILES string of the molecule is CCC(C)CCOC(C)(C)CCC(=O)NCC[NH+](C)C. The molecule has 0 spiro atoms. The third-order valence-electron chi connectivity index (χ3n) is 3.70. The summed E-state index contributed by atoms with van der Waals surface area (Å²) in [6, 6.07) is 0. The van der Waals surface area contributed by atoms with Gasteiger partial charge in [0.1, 0.15) is 0 Å². The summed E-state index contributed by atoms with van der Waals surface area (Å²) in [5.41, 5.74) is -0.211. The van der Waals surface area contributed by atoms with Gasteiger partial charge in [-0.1, -0.05) is 20.3 Å². The molecule has 0 saturated carbocycles. The van der Waals surface area contributed by atoms with E-state index < -0.39 is 0 Å². The van der Waals surface area contributed by atoms with E-state index in [4.69, 9.17) is 4.74 Å². The summed E-state index contributed by atoms with van der Waals surface area (Å²) in [6.07, 6.45) is 3.60. The largest absolute Gasteiger partial charge is 0.376 e. The molecule has 0 aliphatic heterocycles. The lowest BCUT2D eigenvalue weighted by atomic mass is 10.0. The Kier molecular flexibility index (Phi) is 9.86. The van der Waals surface area contributed by atoms with Gasteiger partial charge in [-0.15, -0.1) is 0 Å². The Balaban J connectivity index is 3.76. The third kappa shape index (κ3) is 11.2. The van der Waals surface area contributed by atoms with Crippen molar-refractivity contribution in [3.05, 3.63) is 0 Å². The summed E-state index contributed by atoms with van der Waals surface area (Å²) in [5.74, 6) is 0.840. The molecule has 0 saturated heterocycles. The molecule has 1 unspecified atom stereocenters. The molecule has 4 nitrogen and oxygen atoms in total. The molecular weight excluding hydrogens is 252 g/mol. The van der Waals surface area contributed by atoms with E-state index in [1.807, 2.05) is 0 Å². The van der Waals surface area contributed by atoms with Crippen LogP contribution in [0.1, 0.15) is 53.4 Å². The maximum atomic E-state index is 11.7. The summed E-state index contributed by atoms with van der Waals surface area (Å²) in [6.45, 7) is 11.1. The van der Waals surface area contributed by atoms with E-state index in [-0.39, 0.29) is 11.5 Å². The summed E-state index contributed by atoms with van der Waals surface area (Å²) in [7, 11) is 4.17. The van der Waals surface area contributed by atoms with E-state index in [1.165, 1.54) is 11.3 Å². The lowest BCUT2D eigenvalue weighted by molar-refractivity contribution is -0.856. The van der Waals surface area contributed by atoms with Crippen LogP contribution in [0.2, 0.25) is 0 Å². The molecule has 0 heterocycles. The zero-order valence-corrected chi connectivity index (χ0v) is 14.3. The second kappa shape index (κ2) is 10.2. The lowest BCUT2D eigenvalue weighted by Crippen LogP contribution is -3.06. The van der Waals surface area contributed by atoms with Crippen LogP contribution in [0.5, 0.6) is 0 Å². The van der Waals surface area contributed by atoms with E-state index in [0.717, 1.165) is 32.5 Å². The number of hydrogen-bond donors (Lipinski definition) is 2. The van der Waals surface area contributed by atoms with Crippen LogP contribution < -0.4 is 10.2 Å². The number of hydrogen-bond acceptors (Lipinski definition) is 2. The van der Waals surface area contributed by atoms with Crippen LogP contribution in [0, 0.1) is 5.92 Å².